The predicted molar refractivity (Wildman–Crippen MR) is 69.8 cm³/mol. The maximum atomic E-state index is 8.86. The molecular formula is C14H21N3O. The molecule has 98 valence electrons. The average Bonchev–Trinajstić information content (AvgIpc) is 2.73. The molecule has 0 spiro atoms. The molecule has 18 heavy (non-hydrogen) atoms. The van der Waals surface area contributed by atoms with Crippen LogP contribution in [-0.2, 0) is 6.54 Å². The molecule has 1 saturated heterocycles. The normalized spacial score (nSPS) is 24.4. The summed E-state index contributed by atoms with van der Waals surface area (Å²) in [4.78, 5) is 2.38. The van der Waals surface area contributed by atoms with Gasteiger partial charge in [0.25, 0.3) is 0 Å². The molecule has 0 aliphatic carbocycles. The first-order valence-corrected chi connectivity index (χ1v) is 6.44. The van der Waals surface area contributed by atoms with Crippen LogP contribution >= 0.6 is 0 Å². The molecule has 0 radical (unpaired) electrons. The lowest BCUT2D eigenvalue weighted by Gasteiger charge is -2.28. The van der Waals surface area contributed by atoms with Gasteiger partial charge in [0.15, 0.2) is 0 Å². The second-order valence-corrected chi connectivity index (χ2v) is 5.85. The Labute approximate surface area is 109 Å². The molecule has 1 atom stereocenters. The van der Waals surface area contributed by atoms with E-state index in [1.54, 1.807) is 6.26 Å². The molecule has 0 amide bonds. The van der Waals surface area contributed by atoms with Gasteiger partial charge in [-0.2, -0.15) is 5.26 Å². The van der Waals surface area contributed by atoms with Crippen molar-refractivity contribution in [2.75, 3.05) is 19.6 Å². The van der Waals surface area contributed by atoms with Gasteiger partial charge < -0.3 is 9.73 Å². The van der Waals surface area contributed by atoms with Gasteiger partial charge in [0.1, 0.15) is 5.76 Å². The molecule has 2 heterocycles. The van der Waals surface area contributed by atoms with E-state index in [1.165, 1.54) is 0 Å². The van der Waals surface area contributed by atoms with Crippen LogP contribution < -0.4 is 5.32 Å². The largest absolute Gasteiger partial charge is 0.468 e. The average molecular weight is 247 g/mol. The Balaban J connectivity index is 2.03. The van der Waals surface area contributed by atoms with Crippen LogP contribution in [0, 0.1) is 16.7 Å². The van der Waals surface area contributed by atoms with Crippen molar-refractivity contribution >= 4 is 0 Å². The van der Waals surface area contributed by atoms with Crippen molar-refractivity contribution < 1.29 is 4.42 Å². The topological polar surface area (TPSA) is 52.2 Å². The van der Waals surface area contributed by atoms with Crippen molar-refractivity contribution in [3.05, 3.63) is 24.2 Å². The van der Waals surface area contributed by atoms with Crippen LogP contribution in [0.5, 0.6) is 0 Å². The fourth-order valence-electron chi connectivity index (χ4n) is 2.51. The Bertz CT molecular complexity index is 405. The molecule has 0 saturated carbocycles. The molecular weight excluding hydrogens is 226 g/mol. The molecule has 1 fully saturated rings. The van der Waals surface area contributed by atoms with Gasteiger partial charge in [-0.15, -0.1) is 0 Å². The highest BCUT2D eigenvalue weighted by Gasteiger charge is 2.28. The highest BCUT2D eigenvalue weighted by atomic mass is 16.3. The maximum absolute atomic E-state index is 8.86. The Kier molecular flexibility index (Phi) is 4.05. The van der Waals surface area contributed by atoms with Crippen molar-refractivity contribution in [1.29, 1.82) is 5.26 Å². The van der Waals surface area contributed by atoms with E-state index in [0.29, 0.717) is 6.42 Å². The van der Waals surface area contributed by atoms with Crippen molar-refractivity contribution in [2.24, 2.45) is 5.41 Å². The molecule has 1 N–H and O–H groups in total. The Morgan fingerprint density at radius 3 is 3.11 bits per heavy atom. The van der Waals surface area contributed by atoms with Crippen LogP contribution in [0.3, 0.4) is 0 Å². The minimum absolute atomic E-state index is 0.219. The first kappa shape index (κ1) is 13.1. The van der Waals surface area contributed by atoms with Crippen molar-refractivity contribution in [2.45, 2.75) is 32.9 Å². The van der Waals surface area contributed by atoms with Crippen LogP contribution in [0.25, 0.3) is 0 Å². The summed E-state index contributed by atoms with van der Waals surface area (Å²) in [6, 6.07) is 6.44. The molecule has 0 aromatic carbocycles. The fourth-order valence-corrected chi connectivity index (χ4v) is 2.51. The second-order valence-electron chi connectivity index (χ2n) is 5.85. The molecule has 4 heteroatoms. The minimum atomic E-state index is 0.219. The minimum Gasteiger partial charge on any atom is -0.468 e. The number of furan rings is 1. The standard InChI is InChI=1S/C14H21N3O/c1-14(2)10-16-12(5-6-15)8-17(11-14)9-13-4-3-7-18-13/h3-4,7,12,16H,5,8-11H2,1-2H3. The third kappa shape index (κ3) is 3.59. The van der Waals surface area contributed by atoms with Gasteiger partial charge in [-0.1, -0.05) is 13.8 Å². The predicted octanol–water partition coefficient (Wildman–Crippen LogP) is 1.99. The fraction of sp³-hybridized carbons (Fsp3) is 0.643. The quantitative estimate of drug-likeness (QED) is 0.887. The van der Waals surface area contributed by atoms with Crippen molar-refractivity contribution in [3.63, 3.8) is 0 Å². The summed E-state index contributed by atoms with van der Waals surface area (Å²) in [6.45, 7) is 8.20. The third-order valence-electron chi connectivity index (χ3n) is 3.30. The Morgan fingerprint density at radius 1 is 1.61 bits per heavy atom. The number of nitrogens with zero attached hydrogens (tertiary/aromatic N) is 2. The lowest BCUT2D eigenvalue weighted by molar-refractivity contribution is 0.182. The Morgan fingerprint density at radius 2 is 2.44 bits per heavy atom. The zero-order valence-electron chi connectivity index (χ0n) is 11.1. The van der Waals surface area contributed by atoms with E-state index in [-0.39, 0.29) is 11.5 Å². The molecule has 0 bridgehead atoms. The molecule has 1 aliphatic rings. The van der Waals surface area contributed by atoms with Crippen LogP contribution in [0.4, 0.5) is 0 Å². The smallest absolute Gasteiger partial charge is 0.117 e. The second kappa shape index (κ2) is 5.55. The van der Waals surface area contributed by atoms with E-state index in [4.69, 9.17) is 9.68 Å². The summed E-state index contributed by atoms with van der Waals surface area (Å²) in [6.07, 6.45) is 2.27. The number of hydrogen-bond acceptors (Lipinski definition) is 4. The monoisotopic (exact) mass is 247 g/mol. The van der Waals surface area contributed by atoms with Crippen LogP contribution in [-0.4, -0.2) is 30.6 Å². The van der Waals surface area contributed by atoms with Gasteiger partial charge in [0.05, 0.1) is 25.3 Å². The van der Waals surface area contributed by atoms with Gasteiger partial charge in [-0.05, 0) is 17.5 Å². The van der Waals surface area contributed by atoms with Gasteiger partial charge >= 0.3 is 0 Å². The zero-order valence-corrected chi connectivity index (χ0v) is 11.1. The zero-order chi connectivity index (χ0) is 13.0. The van der Waals surface area contributed by atoms with Crippen LogP contribution in [0.2, 0.25) is 0 Å². The molecule has 1 aromatic rings. The van der Waals surface area contributed by atoms with E-state index in [9.17, 15) is 0 Å². The number of hydrogen-bond donors (Lipinski definition) is 1. The SMILES string of the molecule is CC1(C)CNC(CC#N)CN(Cc2ccco2)C1. The van der Waals surface area contributed by atoms with Gasteiger partial charge in [0.2, 0.25) is 0 Å². The van der Waals surface area contributed by atoms with Crippen molar-refractivity contribution in [3.8, 4) is 6.07 Å². The number of nitrogens with one attached hydrogen (secondary N) is 1. The van der Waals surface area contributed by atoms with Gasteiger partial charge in [-0.3, -0.25) is 4.90 Å². The summed E-state index contributed by atoms with van der Waals surface area (Å²) in [7, 11) is 0. The molecule has 2 rings (SSSR count). The van der Waals surface area contributed by atoms with Gasteiger partial charge in [-0.25, -0.2) is 0 Å². The molecule has 1 aromatic heterocycles. The first-order chi connectivity index (χ1) is 8.59. The lowest BCUT2D eigenvalue weighted by atomic mass is 9.93. The van der Waals surface area contributed by atoms with Crippen molar-refractivity contribution in [1.82, 2.24) is 10.2 Å². The highest BCUT2D eigenvalue weighted by Crippen LogP contribution is 2.21. The number of rotatable bonds is 3. The summed E-state index contributed by atoms with van der Waals surface area (Å²) < 4.78 is 5.41. The van der Waals surface area contributed by atoms with E-state index in [0.717, 1.165) is 31.9 Å². The molecule has 1 aliphatic heterocycles. The Hall–Kier alpha value is -1.31. The lowest BCUT2D eigenvalue weighted by Crippen LogP contribution is -2.37. The summed E-state index contributed by atoms with van der Waals surface area (Å²) in [5.74, 6) is 0.989. The summed E-state index contributed by atoms with van der Waals surface area (Å²) >= 11 is 0. The molecule has 4 nitrogen and oxygen atoms in total. The first-order valence-electron chi connectivity index (χ1n) is 6.44. The summed E-state index contributed by atoms with van der Waals surface area (Å²) in [5.41, 5.74) is 0.219. The third-order valence-corrected chi connectivity index (χ3v) is 3.30. The van der Waals surface area contributed by atoms with Crippen LogP contribution in [0.15, 0.2) is 22.8 Å². The van der Waals surface area contributed by atoms with Gasteiger partial charge in [0, 0.05) is 25.7 Å². The van der Waals surface area contributed by atoms with E-state index in [1.807, 2.05) is 12.1 Å². The number of nitriles is 1. The summed E-state index contributed by atoms with van der Waals surface area (Å²) in [5, 5.41) is 12.3. The highest BCUT2D eigenvalue weighted by molar-refractivity contribution is 4.99. The van der Waals surface area contributed by atoms with E-state index in [2.05, 4.69) is 30.1 Å². The van der Waals surface area contributed by atoms with E-state index < -0.39 is 0 Å². The maximum Gasteiger partial charge on any atom is 0.117 e. The molecule has 1 unspecified atom stereocenters. The van der Waals surface area contributed by atoms with E-state index >= 15 is 0 Å². The van der Waals surface area contributed by atoms with Crippen LogP contribution in [0.1, 0.15) is 26.0 Å².